The van der Waals surface area contributed by atoms with Crippen LogP contribution in [0.25, 0.3) is 10.2 Å². The number of hydrogen-bond acceptors (Lipinski definition) is 3. The average molecular weight is 351 g/mol. The summed E-state index contributed by atoms with van der Waals surface area (Å²) in [6, 6.07) is 2.69. The molecule has 0 aliphatic heterocycles. The van der Waals surface area contributed by atoms with Crippen LogP contribution in [0.2, 0.25) is 0 Å². The first kappa shape index (κ1) is 18.6. The number of thiazole rings is 1. The summed E-state index contributed by atoms with van der Waals surface area (Å²) >= 11 is 7.43. The molecule has 4 heteroatoms. The van der Waals surface area contributed by atoms with E-state index < -0.39 is 0 Å². The van der Waals surface area contributed by atoms with Crippen molar-refractivity contribution in [3.8, 4) is 0 Å². The first-order valence-corrected chi connectivity index (χ1v) is 10.5. The smallest absolute Gasteiger partial charge is 0.125 e. The van der Waals surface area contributed by atoms with Crippen molar-refractivity contribution in [3.05, 3.63) is 22.4 Å². The van der Waals surface area contributed by atoms with E-state index in [0.717, 1.165) is 10.2 Å². The van der Waals surface area contributed by atoms with Gasteiger partial charge in [0.1, 0.15) is 4.64 Å². The lowest BCUT2D eigenvalue weighted by molar-refractivity contribution is 0.394. The van der Waals surface area contributed by atoms with Gasteiger partial charge < -0.3 is 4.57 Å². The van der Waals surface area contributed by atoms with E-state index in [1.165, 1.54) is 68.9 Å². The topological polar surface area (TPSA) is 17.8 Å². The van der Waals surface area contributed by atoms with Crippen molar-refractivity contribution in [2.75, 3.05) is 0 Å². The molecule has 0 spiro atoms. The molecule has 23 heavy (non-hydrogen) atoms. The second kappa shape index (κ2) is 10.2. The zero-order valence-electron chi connectivity index (χ0n) is 14.6. The van der Waals surface area contributed by atoms with Gasteiger partial charge in [-0.05, 0) is 18.9 Å². The van der Waals surface area contributed by atoms with Gasteiger partial charge in [0.15, 0.2) is 0 Å². The van der Waals surface area contributed by atoms with Crippen LogP contribution < -0.4 is 0 Å². The maximum Gasteiger partial charge on any atom is 0.125 e. The van der Waals surface area contributed by atoms with Gasteiger partial charge in [-0.25, -0.2) is 4.98 Å². The van der Waals surface area contributed by atoms with Crippen LogP contribution in [0.1, 0.15) is 84.1 Å². The van der Waals surface area contributed by atoms with Crippen LogP contribution in [0.3, 0.4) is 0 Å². The van der Waals surface area contributed by atoms with E-state index in [-0.39, 0.29) is 0 Å². The zero-order chi connectivity index (χ0) is 16.5. The minimum absolute atomic E-state index is 0.558. The summed E-state index contributed by atoms with van der Waals surface area (Å²) in [6.45, 7) is 4.55. The minimum Gasteiger partial charge on any atom is -0.335 e. The van der Waals surface area contributed by atoms with Gasteiger partial charge in [-0.3, -0.25) is 0 Å². The van der Waals surface area contributed by atoms with Crippen molar-refractivity contribution in [1.82, 2.24) is 9.55 Å². The Morgan fingerprint density at radius 1 is 1.04 bits per heavy atom. The van der Waals surface area contributed by atoms with Gasteiger partial charge in [0, 0.05) is 12.2 Å². The van der Waals surface area contributed by atoms with Crippen molar-refractivity contribution in [2.45, 2.75) is 84.1 Å². The lowest BCUT2D eigenvalue weighted by Gasteiger charge is -2.21. The lowest BCUT2D eigenvalue weighted by Crippen LogP contribution is -2.10. The Kier molecular flexibility index (Phi) is 8.24. The molecule has 0 bridgehead atoms. The van der Waals surface area contributed by atoms with E-state index in [1.54, 1.807) is 11.3 Å². The van der Waals surface area contributed by atoms with Gasteiger partial charge in [0.05, 0.1) is 15.7 Å². The van der Waals surface area contributed by atoms with Crippen molar-refractivity contribution >= 4 is 33.8 Å². The summed E-state index contributed by atoms with van der Waals surface area (Å²) in [5.41, 5.74) is 2.95. The first-order valence-electron chi connectivity index (χ1n) is 9.22. The summed E-state index contributed by atoms with van der Waals surface area (Å²) in [6.07, 6.45) is 15.3. The molecular weight excluding hydrogens is 320 g/mol. The summed E-state index contributed by atoms with van der Waals surface area (Å²) in [5, 5.41) is 0. The third-order valence-electron chi connectivity index (χ3n) is 4.59. The Morgan fingerprint density at radius 3 is 2.30 bits per heavy atom. The van der Waals surface area contributed by atoms with Crippen LogP contribution in [0.5, 0.6) is 0 Å². The van der Waals surface area contributed by atoms with Gasteiger partial charge in [-0.15, -0.1) is 11.3 Å². The third-order valence-corrected chi connectivity index (χ3v) is 5.99. The van der Waals surface area contributed by atoms with Crippen LogP contribution in [-0.2, 0) is 0 Å². The molecule has 2 heterocycles. The molecule has 0 aromatic carbocycles. The quantitative estimate of drug-likeness (QED) is 0.312. The molecule has 128 valence electrons. The Labute approximate surface area is 150 Å². The molecule has 0 amide bonds. The molecule has 0 atom stereocenters. The van der Waals surface area contributed by atoms with Crippen LogP contribution in [-0.4, -0.2) is 9.55 Å². The number of nitrogens with zero attached hydrogens (tertiary/aromatic N) is 2. The van der Waals surface area contributed by atoms with Crippen LogP contribution in [0.4, 0.5) is 0 Å². The monoisotopic (exact) mass is 350 g/mol. The highest BCUT2D eigenvalue weighted by atomic mass is 32.1. The second-order valence-electron chi connectivity index (χ2n) is 6.45. The Bertz CT molecular complexity index is 618. The maximum atomic E-state index is 5.76. The number of unbranched alkanes of at least 4 members (excludes halogenated alkanes) is 6. The molecule has 2 nitrogen and oxygen atoms in total. The van der Waals surface area contributed by atoms with Crippen molar-refractivity contribution in [2.24, 2.45) is 0 Å². The highest BCUT2D eigenvalue weighted by Crippen LogP contribution is 2.27. The number of pyridine rings is 1. The molecular formula is C19H30N2S2. The fourth-order valence-electron chi connectivity index (χ4n) is 3.19. The SMILES string of the molecule is CCCCCCC(CCCCCC)n1ccc2ncsc2c1=S. The average Bonchev–Trinajstić information content (AvgIpc) is 3.04. The van der Waals surface area contributed by atoms with Gasteiger partial charge in [0.25, 0.3) is 0 Å². The maximum absolute atomic E-state index is 5.76. The van der Waals surface area contributed by atoms with Gasteiger partial charge in [-0.1, -0.05) is 77.4 Å². The summed E-state index contributed by atoms with van der Waals surface area (Å²) in [4.78, 5) is 4.39. The van der Waals surface area contributed by atoms with E-state index in [9.17, 15) is 0 Å². The van der Waals surface area contributed by atoms with E-state index in [2.05, 4.69) is 35.7 Å². The Balaban J connectivity index is 2.09. The van der Waals surface area contributed by atoms with Crippen LogP contribution in [0.15, 0.2) is 17.8 Å². The van der Waals surface area contributed by atoms with Crippen molar-refractivity contribution < 1.29 is 0 Å². The Hall–Kier alpha value is -0.740. The molecule has 2 aromatic rings. The fourth-order valence-corrected chi connectivity index (χ4v) is 4.37. The van der Waals surface area contributed by atoms with E-state index >= 15 is 0 Å². The van der Waals surface area contributed by atoms with Crippen LogP contribution >= 0.6 is 23.6 Å². The Morgan fingerprint density at radius 2 is 1.70 bits per heavy atom. The molecule has 0 N–H and O–H groups in total. The van der Waals surface area contributed by atoms with Crippen molar-refractivity contribution in [1.29, 1.82) is 0 Å². The van der Waals surface area contributed by atoms with E-state index in [4.69, 9.17) is 12.2 Å². The lowest BCUT2D eigenvalue weighted by atomic mass is 10.0. The van der Waals surface area contributed by atoms with Gasteiger partial charge in [0.2, 0.25) is 0 Å². The predicted molar refractivity (Wildman–Crippen MR) is 105 cm³/mol. The third kappa shape index (κ3) is 5.39. The largest absolute Gasteiger partial charge is 0.335 e. The highest BCUT2D eigenvalue weighted by molar-refractivity contribution is 7.71. The number of rotatable bonds is 11. The van der Waals surface area contributed by atoms with Crippen LogP contribution in [0, 0.1) is 4.64 Å². The van der Waals surface area contributed by atoms with Gasteiger partial charge >= 0.3 is 0 Å². The molecule has 0 aliphatic rings. The molecule has 0 fully saturated rings. The molecule has 0 saturated heterocycles. The molecule has 0 saturated carbocycles. The molecule has 0 radical (unpaired) electrons. The standard InChI is InChI=1S/C19H30N2S2/c1-3-5-7-9-11-16(12-10-8-6-4-2)21-14-13-17-18(19(21)22)23-15-20-17/h13-16H,3-12H2,1-2H3. The highest BCUT2D eigenvalue weighted by Gasteiger charge is 2.13. The molecule has 2 rings (SSSR count). The molecule has 0 aliphatic carbocycles. The zero-order valence-corrected chi connectivity index (χ0v) is 16.2. The second-order valence-corrected chi connectivity index (χ2v) is 7.69. The number of fused-ring (bicyclic) bond motifs is 1. The van der Waals surface area contributed by atoms with E-state index in [0.29, 0.717) is 6.04 Å². The van der Waals surface area contributed by atoms with Crippen molar-refractivity contribution in [3.63, 3.8) is 0 Å². The first-order chi connectivity index (χ1) is 11.3. The molecule has 2 aromatic heterocycles. The summed E-state index contributed by atoms with van der Waals surface area (Å²) in [7, 11) is 0. The van der Waals surface area contributed by atoms with E-state index in [1.807, 2.05) is 5.51 Å². The number of hydrogen-bond donors (Lipinski definition) is 0. The fraction of sp³-hybridized carbons (Fsp3) is 0.684. The minimum atomic E-state index is 0.558. The normalized spacial score (nSPS) is 11.6. The number of aromatic nitrogens is 2. The summed E-state index contributed by atoms with van der Waals surface area (Å²) in [5.74, 6) is 0. The summed E-state index contributed by atoms with van der Waals surface area (Å²) < 4.78 is 4.52. The molecule has 0 unspecified atom stereocenters. The van der Waals surface area contributed by atoms with Gasteiger partial charge in [-0.2, -0.15) is 0 Å². The predicted octanol–water partition coefficient (Wildman–Crippen LogP) is 7.31.